The monoisotopic (exact) mass is 367 g/mol. The minimum Gasteiger partial charge on any atom is -0.377 e. The van der Waals surface area contributed by atoms with Gasteiger partial charge in [0.05, 0.1) is 31.1 Å². The first kappa shape index (κ1) is 28.4. The van der Waals surface area contributed by atoms with Gasteiger partial charge in [0.2, 0.25) is 5.91 Å². The molecule has 0 fully saturated rings. The zero-order chi connectivity index (χ0) is 19.8. The fourth-order valence-corrected chi connectivity index (χ4v) is 2.01. The van der Waals surface area contributed by atoms with Crippen molar-refractivity contribution in [1.29, 1.82) is 0 Å². The first-order valence-corrected chi connectivity index (χ1v) is 11.7. The second-order valence-electron chi connectivity index (χ2n) is 6.15. The molecule has 1 atom stereocenters. The average molecular weight is 368 g/mol. The molecule has 1 N–H and O–H groups in total. The van der Waals surface area contributed by atoms with Gasteiger partial charge in [0.1, 0.15) is 7.14 Å². The molecule has 148 valence electrons. The molecule has 0 bridgehead atoms. The molecule has 1 unspecified atom stereocenters. The largest absolute Gasteiger partial charge is 0.377 e. The van der Waals surface area contributed by atoms with Crippen molar-refractivity contribution in [2.24, 2.45) is 5.41 Å². The Balaban J connectivity index is -0.00000102. The fourth-order valence-electron chi connectivity index (χ4n) is 1.35. The Morgan fingerprint density at radius 2 is 1.67 bits per heavy atom. The lowest BCUT2D eigenvalue weighted by Gasteiger charge is -2.24. The normalized spacial score (nSPS) is 13.1. The van der Waals surface area contributed by atoms with Crippen LogP contribution in [0.1, 0.15) is 62.3 Å². The lowest BCUT2D eigenvalue weighted by Crippen LogP contribution is -2.41. The SMILES string of the molecule is CC.CC.CCP(C)(=O)COCC(C)(C)C(=O)NCCOC(C)C. The summed E-state index contributed by atoms with van der Waals surface area (Å²) in [5.41, 5.74) is -0.633. The molecule has 24 heavy (non-hydrogen) atoms. The summed E-state index contributed by atoms with van der Waals surface area (Å²) in [7, 11) is -2.20. The van der Waals surface area contributed by atoms with Crippen LogP contribution < -0.4 is 5.32 Å². The van der Waals surface area contributed by atoms with Crippen LogP contribution in [0.4, 0.5) is 0 Å². The standard InChI is InChI=1S/C14H30NO4P.2C2H6/c1-7-20(6,17)11-18-10-14(4,5)13(16)15-8-9-19-12(2)3;2*1-2/h12H,7-11H2,1-6H3,(H,15,16);2*1-2H3. The van der Waals surface area contributed by atoms with E-state index in [0.717, 1.165) is 0 Å². The molecule has 0 aliphatic rings. The zero-order valence-corrected chi connectivity index (χ0v) is 18.6. The third-order valence-electron chi connectivity index (χ3n) is 2.95. The molecular formula is C18H42NO4P. The predicted octanol–water partition coefficient (Wildman–Crippen LogP) is 4.59. The molecule has 0 radical (unpaired) electrons. The summed E-state index contributed by atoms with van der Waals surface area (Å²) in [6.45, 7) is 20.4. The maximum Gasteiger partial charge on any atom is 0.228 e. The van der Waals surface area contributed by atoms with Crippen molar-refractivity contribution < 1.29 is 18.8 Å². The molecule has 0 spiro atoms. The average Bonchev–Trinajstić information content (AvgIpc) is 2.54. The van der Waals surface area contributed by atoms with E-state index in [4.69, 9.17) is 9.47 Å². The number of carbonyl (C=O) groups excluding carboxylic acids is 1. The molecule has 0 saturated heterocycles. The predicted molar refractivity (Wildman–Crippen MR) is 105 cm³/mol. The van der Waals surface area contributed by atoms with Gasteiger partial charge >= 0.3 is 0 Å². The summed E-state index contributed by atoms with van der Waals surface area (Å²) in [4.78, 5) is 12.0. The van der Waals surface area contributed by atoms with Gasteiger partial charge in [-0.15, -0.1) is 0 Å². The smallest absolute Gasteiger partial charge is 0.228 e. The van der Waals surface area contributed by atoms with Crippen molar-refractivity contribution in [3.05, 3.63) is 0 Å². The van der Waals surface area contributed by atoms with Crippen LogP contribution in [0.3, 0.4) is 0 Å². The van der Waals surface area contributed by atoms with Gasteiger partial charge in [0.25, 0.3) is 0 Å². The van der Waals surface area contributed by atoms with E-state index in [0.29, 0.717) is 19.3 Å². The number of amides is 1. The van der Waals surface area contributed by atoms with Gasteiger partial charge in [-0.05, 0) is 40.5 Å². The lowest BCUT2D eigenvalue weighted by molar-refractivity contribution is -0.132. The molecule has 5 nitrogen and oxygen atoms in total. The summed E-state index contributed by atoms with van der Waals surface area (Å²) in [6, 6.07) is 0. The van der Waals surface area contributed by atoms with Crippen LogP contribution >= 0.6 is 7.14 Å². The Labute approximate surface area is 150 Å². The van der Waals surface area contributed by atoms with Gasteiger partial charge in [0.15, 0.2) is 0 Å². The summed E-state index contributed by atoms with van der Waals surface area (Å²) < 4.78 is 22.7. The molecule has 0 rings (SSSR count). The molecular weight excluding hydrogens is 325 g/mol. The minimum atomic E-state index is -2.20. The number of hydrogen-bond donors (Lipinski definition) is 1. The Bertz CT molecular complexity index is 344. The van der Waals surface area contributed by atoms with Crippen LogP contribution in [0.2, 0.25) is 0 Å². The number of rotatable bonds is 10. The van der Waals surface area contributed by atoms with E-state index in [-0.39, 0.29) is 25.0 Å². The van der Waals surface area contributed by atoms with Crippen molar-refractivity contribution in [2.45, 2.75) is 68.4 Å². The van der Waals surface area contributed by atoms with E-state index in [2.05, 4.69) is 5.32 Å². The zero-order valence-electron chi connectivity index (χ0n) is 17.7. The third-order valence-corrected chi connectivity index (χ3v) is 5.02. The van der Waals surface area contributed by atoms with Crippen molar-refractivity contribution in [1.82, 2.24) is 5.32 Å². The van der Waals surface area contributed by atoms with E-state index < -0.39 is 12.6 Å². The fraction of sp³-hybridized carbons (Fsp3) is 0.944. The lowest BCUT2D eigenvalue weighted by atomic mass is 9.94. The molecule has 0 saturated carbocycles. The highest BCUT2D eigenvalue weighted by molar-refractivity contribution is 7.62. The summed E-state index contributed by atoms with van der Waals surface area (Å²) in [6.07, 6.45) is 1.01. The van der Waals surface area contributed by atoms with Gasteiger partial charge in [0, 0.05) is 6.54 Å². The molecule has 0 heterocycles. The van der Waals surface area contributed by atoms with Crippen LogP contribution in [0.5, 0.6) is 0 Å². The maximum atomic E-state index is 12.0. The van der Waals surface area contributed by atoms with E-state index in [9.17, 15) is 9.36 Å². The highest BCUT2D eigenvalue weighted by atomic mass is 31.2. The van der Waals surface area contributed by atoms with Gasteiger partial charge in [-0.1, -0.05) is 34.6 Å². The third kappa shape index (κ3) is 16.5. The first-order valence-electron chi connectivity index (χ1n) is 9.14. The maximum absolute atomic E-state index is 12.0. The second kappa shape index (κ2) is 16.1. The number of carbonyl (C=O) groups is 1. The second-order valence-corrected chi connectivity index (χ2v) is 9.63. The van der Waals surface area contributed by atoms with E-state index >= 15 is 0 Å². The Hall–Kier alpha value is -0.380. The summed E-state index contributed by atoms with van der Waals surface area (Å²) in [5.74, 6) is -0.0766. The number of ether oxygens (including phenoxy) is 2. The molecule has 0 aliphatic carbocycles. The van der Waals surface area contributed by atoms with E-state index in [1.165, 1.54) is 0 Å². The van der Waals surface area contributed by atoms with Crippen LogP contribution in [-0.4, -0.2) is 50.9 Å². The van der Waals surface area contributed by atoms with Crippen LogP contribution in [0.25, 0.3) is 0 Å². The van der Waals surface area contributed by atoms with Crippen molar-refractivity contribution >= 4 is 13.0 Å². The summed E-state index contributed by atoms with van der Waals surface area (Å²) >= 11 is 0. The highest BCUT2D eigenvalue weighted by Crippen LogP contribution is 2.40. The molecule has 0 aliphatic heterocycles. The Morgan fingerprint density at radius 1 is 1.17 bits per heavy atom. The van der Waals surface area contributed by atoms with Crippen LogP contribution in [0.15, 0.2) is 0 Å². The van der Waals surface area contributed by atoms with Gasteiger partial charge in [-0.2, -0.15) is 0 Å². The number of hydrogen-bond acceptors (Lipinski definition) is 4. The quantitative estimate of drug-likeness (QED) is 0.453. The minimum absolute atomic E-state index is 0.0766. The molecule has 0 aromatic rings. The molecule has 6 heteroatoms. The van der Waals surface area contributed by atoms with E-state index in [1.54, 1.807) is 6.66 Å². The van der Waals surface area contributed by atoms with Crippen molar-refractivity contribution in [2.75, 3.05) is 38.9 Å². The first-order chi connectivity index (χ1) is 11.1. The summed E-state index contributed by atoms with van der Waals surface area (Å²) in [5, 5.41) is 2.83. The van der Waals surface area contributed by atoms with Crippen molar-refractivity contribution in [3.8, 4) is 0 Å². The molecule has 1 amide bonds. The Morgan fingerprint density at radius 3 is 2.08 bits per heavy atom. The van der Waals surface area contributed by atoms with Gasteiger partial charge < -0.3 is 19.4 Å². The highest BCUT2D eigenvalue weighted by Gasteiger charge is 2.28. The molecule has 0 aromatic heterocycles. The Kier molecular flexibility index (Phi) is 19.1. The number of nitrogens with one attached hydrogen (secondary N) is 1. The van der Waals surface area contributed by atoms with Crippen LogP contribution in [-0.2, 0) is 18.8 Å². The van der Waals surface area contributed by atoms with Crippen LogP contribution in [0, 0.1) is 5.41 Å². The topological polar surface area (TPSA) is 64.6 Å². The van der Waals surface area contributed by atoms with Gasteiger partial charge in [-0.3, -0.25) is 4.79 Å². The van der Waals surface area contributed by atoms with E-state index in [1.807, 2.05) is 62.3 Å². The van der Waals surface area contributed by atoms with Crippen molar-refractivity contribution in [3.63, 3.8) is 0 Å². The van der Waals surface area contributed by atoms with Gasteiger partial charge in [-0.25, -0.2) is 0 Å². The molecule has 0 aromatic carbocycles.